The zero-order chi connectivity index (χ0) is 22.7. The first-order valence-corrected chi connectivity index (χ1v) is 10.8. The maximum atomic E-state index is 13.0. The number of amides is 2. The fraction of sp³-hybridized carbons (Fsp3) is 0.125. The zero-order valence-corrected chi connectivity index (χ0v) is 19.1. The molecule has 2 heterocycles. The highest BCUT2D eigenvalue weighted by molar-refractivity contribution is 9.10. The lowest BCUT2D eigenvalue weighted by atomic mass is 10.2. The fourth-order valence-corrected chi connectivity index (χ4v) is 3.69. The molecule has 0 aliphatic heterocycles. The number of halogens is 1. The summed E-state index contributed by atoms with van der Waals surface area (Å²) in [5, 5.41) is 10.0. The molecule has 0 unspecified atom stereocenters. The van der Waals surface area contributed by atoms with Crippen molar-refractivity contribution in [3.63, 3.8) is 0 Å². The van der Waals surface area contributed by atoms with Crippen molar-refractivity contribution in [2.45, 2.75) is 13.8 Å². The second kappa shape index (κ2) is 9.23. The summed E-state index contributed by atoms with van der Waals surface area (Å²) in [5.74, 6) is 0.454. The van der Waals surface area contributed by atoms with Gasteiger partial charge in [0.05, 0.1) is 17.8 Å². The van der Waals surface area contributed by atoms with Crippen molar-refractivity contribution in [2.75, 3.05) is 11.9 Å². The Morgan fingerprint density at radius 1 is 1.06 bits per heavy atom. The zero-order valence-electron chi connectivity index (χ0n) is 17.6. The minimum atomic E-state index is -0.418. The monoisotopic (exact) mass is 492 g/mol. The van der Waals surface area contributed by atoms with E-state index in [-0.39, 0.29) is 12.5 Å². The maximum absolute atomic E-state index is 13.0. The van der Waals surface area contributed by atoms with E-state index in [1.807, 2.05) is 62.4 Å². The number of aromatic nitrogens is 2. The van der Waals surface area contributed by atoms with Gasteiger partial charge in [-0.15, -0.1) is 0 Å². The smallest absolute Gasteiger partial charge is 0.255 e. The van der Waals surface area contributed by atoms with Gasteiger partial charge in [-0.2, -0.15) is 5.10 Å². The summed E-state index contributed by atoms with van der Waals surface area (Å²) < 4.78 is 8.24. The third kappa shape index (κ3) is 4.81. The lowest BCUT2D eigenvalue weighted by molar-refractivity contribution is -0.115. The molecule has 2 aromatic heterocycles. The Kier molecular flexibility index (Phi) is 6.23. The van der Waals surface area contributed by atoms with Crippen LogP contribution in [0.25, 0.3) is 17.1 Å². The number of hydrogen-bond acceptors (Lipinski definition) is 4. The number of aryl methyl sites for hydroxylation is 2. The minimum Gasteiger partial charge on any atom is -0.460 e. The topological polar surface area (TPSA) is 89.2 Å². The number of para-hydroxylation sites is 1. The number of furan rings is 1. The fourth-order valence-electron chi connectivity index (χ4n) is 3.21. The van der Waals surface area contributed by atoms with Gasteiger partial charge in [-0.25, -0.2) is 4.68 Å². The van der Waals surface area contributed by atoms with Gasteiger partial charge in [0.15, 0.2) is 5.76 Å². The van der Waals surface area contributed by atoms with Gasteiger partial charge in [0.1, 0.15) is 11.5 Å². The van der Waals surface area contributed by atoms with Crippen LogP contribution in [0.15, 0.2) is 75.8 Å². The molecule has 162 valence electrons. The highest BCUT2D eigenvalue weighted by atomic mass is 79.9. The maximum Gasteiger partial charge on any atom is 0.255 e. The van der Waals surface area contributed by atoms with Crippen LogP contribution in [0.5, 0.6) is 0 Å². The van der Waals surface area contributed by atoms with Gasteiger partial charge in [-0.1, -0.05) is 34.1 Å². The number of carbonyl (C=O) groups excluding carboxylic acids is 2. The van der Waals surface area contributed by atoms with Crippen LogP contribution in [0, 0.1) is 13.8 Å². The van der Waals surface area contributed by atoms with E-state index in [0.717, 1.165) is 15.7 Å². The molecule has 4 rings (SSSR count). The molecule has 7 nitrogen and oxygen atoms in total. The molecule has 0 spiro atoms. The molecule has 0 bridgehead atoms. The van der Waals surface area contributed by atoms with Crippen LogP contribution in [-0.2, 0) is 4.79 Å². The largest absolute Gasteiger partial charge is 0.460 e. The van der Waals surface area contributed by atoms with Crippen molar-refractivity contribution in [1.82, 2.24) is 15.1 Å². The van der Waals surface area contributed by atoms with Gasteiger partial charge in [0, 0.05) is 16.4 Å². The molecule has 0 saturated carbocycles. The van der Waals surface area contributed by atoms with Crippen molar-refractivity contribution in [3.05, 3.63) is 88.2 Å². The average Bonchev–Trinajstić information content (AvgIpc) is 3.41. The third-order valence-corrected chi connectivity index (χ3v) is 5.32. The van der Waals surface area contributed by atoms with E-state index in [0.29, 0.717) is 28.5 Å². The van der Waals surface area contributed by atoms with Crippen LogP contribution < -0.4 is 10.6 Å². The summed E-state index contributed by atoms with van der Waals surface area (Å²) in [5.41, 5.74) is 3.13. The molecule has 4 aromatic rings. The molecule has 2 N–H and O–H groups in total. The van der Waals surface area contributed by atoms with E-state index >= 15 is 0 Å². The summed E-state index contributed by atoms with van der Waals surface area (Å²) in [6, 6.07) is 18.6. The molecular weight excluding hydrogens is 472 g/mol. The molecule has 2 amide bonds. The summed E-state index contributed by atoms with van der Waals surface area (Å²) in [4.78, 5) is 25.4. The Labute approximate surface area is 193 Å². The molecule has 0 aliphatic rings. The quantitative estimate of drug-likeness (QED) is 0.401. The molecule has 0 aliphatic carbocycles. The Morgan fingerprint density at radius 2 is 1.84 bits per heavy atom. The number of hydrogen-bond donors (Lipinski definition) is 2. The molecule has 8 heteroatoms. The van der Waals surface area contributed by atoms with Crippen LogP contribution >= 0.6 is 15.9 Å². The molecule has 2 aromatic carbocycles. The second-order valence-electron chi connectivity index (χ2n) is 7.27. The minimum absolute atomic E-state index is 0.179. The van der Waals surface area contributed by atoms with Gasteiger partial charge >= 0.3 is 0 Å². The molecule has 0 atom stereocenters. The predicted octanol–water partition coefficient (Wildman–Crippen LogP) is 4.88. The van der Waals surface area contributed by atoms with Crippen LogP contribution in [-0.4, -0.2) is 28.1 Å². The Morgan fingerprint density at radius 3 is 2.53 bits per heavy atom. The highest BCUT2D eigenvalue weighted by Crippen LogP contribution is 2.26. The van der Waals surface area contributed by atoms with E-state index in [9.17, 15) is 9.59 Å². The van der Waals surface area contributed by atoms with Gasteiger partial charge < -0.3 is 15.1 Å². The van der Waals surface area contributed by atoms with Crippen molar-refractivity contribution in [2.24, 2.45) is 0 Å². The first-order valence-electron chi connectivity index (χ1n) is 9.97. The predicted molar refractivity (Wildman–Crippen MR) is 126 cm³/mol. The lowest BCUT2D eigenvalue weighted by Gasteiger charge is -2.09. The highest BCUT2D eigenvalue weighted by Gasteiger charge is 2.21. The Hall–Kier alpha value is -3.65. The van der Waals surface area contributed by atoms with E-state index in [4.69, 9.17) is 4.42 Å². The summed E-state index contributed by atoms with van der Waals surface area (Å²) in [7, 11) is 0. The van der Waals surface area contributed by atoms with Gasteiger partial charge in [0.2, 0.25) is 5.91 Å². The van der Waals surface area contributed by atoms with E-state index < -0.39 is 5.91 Å². The van der Waals surface area contributed by atoms with Crippen LogP contribution in [0.2, 0.25) is 0 Å². The van der Waals surface area contributed by atoms with Crippen molar-refractivity contribution in [1.29, 1.82) is 0 Å². The van der Waals surface area contributed by atoms with Crippen molar-refractivity contribution >= 4 is 33.4 Å². The SMILES string of the molecule is Cc1ccc(-c2nn(-c3ccccc3)cc2C(=O)NCC(=O)Nc2ccc(Br)cc2C)o1. The summed E-state index contributed by atoms with van der Waals surface area (Å²) in [6.07, 6.45) is 1.63. The van der Waals surface area contributed by atoms with Crippen LogP contribution in [0.3, 0.4) is 0 Å². The van der Waals surface area contributed by atoms with Gasteiger partial charge in [-0.3, -0.25) is 9.59 Å². The number of nitrogens with zero attached hydrogens (tertiary/aromatic N) is 2. The first kappa shape index (κ1) is 21.6. The van der Waals surface area contributed by atoms with Crippen molar-refractivity contribution < 1.29 is 14.0 Å². The summed E-state index contributed by atoms with van der Waals surface area (Å²) >= 11 is 3.40. The van der Waals surface area contributed by atoms with Gasteiger partial charge in [0.25, 0.3) is 5.91 Å². The number of rotatable bonds is 6. The van der Waals surface area contributed by atoms with E-state index in [1.54, 1.807) is 23.0 Å². The molecule has 32 heavy (non-hydrogen) atoms. The molecular formula is C24H21BrN4O3. The second-order valence-corrected chi connectivity index (χ2v) is 8.19. The number of nitrogens with one attached hydrogen (secondary N) is 2. The number of anilines is 1. The molecule has 0 fully saturated rings. The average molecular weight is 493 g/mol. The Balaban J connectivity index is 1.53. The number of carbonyl (C=O) groups is 2. The van der Waals surface area contributed by atoms with Crippen LogP contribution in [0.4, 0.5) is 5.69 Å². The standard InChI is InChI=1S/C24H21BrN4O3/c1-15-12-17(25)9-10-20(15)27-22(30)13-26-24(31)19-14-29(18-6-4-3-5-7-18)28-23(19)21-11-8-16(2)32-21/h3-12,14H,13H2,1-2H3,(H,26,31)(H,27,30). The van der Waals surface area contributed by atoms with Gasteiger partial charge in [-0.05, 0) is 61.9 Å². The van der Waals surface area contributed by atoms with Crippen molar-refractivity contribution in [3.8, 4) is 17.1 Å². The number of benzene rings is 2. The van der Waals surface area contributed by atoms with E-state index in [1.165, 1.54) is 0 Å². The summed E-state index contributed by atoms with van der Waals surface area (Å²) in [6.45, 7) is 3.54. The third-order valence-electron chi connectivity index (χ3n) is 4.83. The molecule has 0 radical (unpaired) electrons. The first-order chi connectivity index (χ1) is 15.4. The Bertz CT molecular complexity index is 1280. The normalized spacial score (nSPS) is 10.7. The lowest BCUT2D eigenvalue weighted by Crippen LogP contribution is -2.33. The van der Waals surface area contributed by atoms with E-state index in [2.05, 4.69) is 31.7 Å². The van der Waals surface area contributed by atoms with Crippen LogP contribution in [0.1, 0.15) is 21.7 Å². The molecule has 0 saturated heterocycles.